The number of amides is 1. The highest BCUT2D eigenvalue weighted by Crippen LogP contribution is 2.62. The number of fused-ring (bicyclic) bond motifs is 5. The molecule has 0 aromatic heterocycles. The molecule has 4 aliphatic rings. The minimum Gasteiger partial charge on any atom is -0.444 e. The number of halogens is 1. The summed E-state index contributed by atoms with van der Waals surface area (Å²) in [5.41, 5.74) is 1.34. The number of hydrogen-bond donors (Lipinski definition) is 0. The Morgan fingerprint density at radius 2 is 2.07 bits per heavy atom. The van der Waals surface area contributed by atoms with Crippen LogP contribution in [0, 0.1) is 34.0 Å². The Morgan fingerprint density at radius 1 is 1.25 bits per heavy atom. The zero-order chi connectivity index (χ0) is 19.9. The highest BCUT2D eigenvalue weighted by atomic mass is 35.5. The van der Waals surface area contributed by atoms with Gasteiger partial charge in [0, 0.05) is 17.7 Å². The lowest BCUT2D eigenvalue weighted by Crippen LogP contribution is -2.49. The molecule has 4 rings (SSSR count). The van der Waals surface area contributed by atoms with Crippen LogP contribution in [0.25, 0.3) is 0 Å². The van der Waals surface area contributed by atoms with Crippen LogP contribution in [-0.4, -0.2) is 35.4 Å². The number of ether oxygens (including phenoxy) is 1. The molecular weight excluding hydrogens is 380 g/mol. The second-order valence-corrected chi connectivity index (χ2v) is 9.57. The van der Waals surface area contributed by atoms with Crippen LogP contribution < -0.4 is 0 Å². The van der Waals surface area contributed by atoms with Gasteiger partial charge in [-0.05, 0) is 74.7 Å². The molecule has 0 saturated heterocycles. The summed E-state index contributed by atoms with van der Waals surface area (Å²) in [4.78, 5) is 35.1. The Balaban J connectivity index is 1.48. The van der Waals surface area contributed by atoms with Gasteiger partial charge < -0.3 is 4.74 Å². The first kappa shape index (κ1) is 19.9. The number of ketones is 1. The molecule has 0 N–H and O–H groups in total. The van der Waals surface area contributed by atoms with Gasteiger partial charge in [-0.15, -0.1) is 16.5 Å². The van der Waals surface area contributed by atoms with Crippen LogP contribution in [0.2, 0.25) is 0 Å². The largest absolute Gasteiger partial charge is 0.444 e. The predicted molar refractivity (Wildman–Crippen MR) is 106 cm³/mol. The fourth-order valence-corrected chi connectivity index (χ4v) is 6.91. The number of nitrogens with zero attached hydrogens (tertiary/aromatic N) is 2. The van der Waals surface area contributed by atoms with E-state index >= 15 is 0 Å². The van der Waals surface area contributed by atoms with E-state index in [4.69, 9.17) is 16.3 Å². The van der Waals surface area contributed by atoms with E-state index < -0.39 is 6.09 Å². The maximum atomic E-state index is 12.4. The summed E-state index contributed by atoms with van der Waals surface area (Å²) in [6.07, 6.45) is 9.00. The van der Waals surface area contributed by atoms with Gasteiger partial charge >= 0.3 is 6.09 Å². The van der Waals surface area contributed by atoms with Crippen LogP contribution in [-0.2, 0) is 9.53 Å². The van der Waals surface area contributed by atoms with Crippen molar-refractivity contribution in [3.8, 4) is 0 Å². The minimum atomic E-state index is -0.677. The van der Waals surface area contributed by atoms with Crippen LogP contribution in [0.5, 0.6) is 0 Å². The monoisotopic (exact) mass is 408 g/mol. The number of allylic oxidation sites excluding steroid dienone is 1. The van der Waals surface area contributed by atoms with Crippen LogP contribution in [0.15, 0.2) is 16.9 Å². The highest BCUT2D eigenvalue weighted by Gasteiger charge is 2.57. The van der Waals surface area contributed by atoms with Gasteiger partial charge in [-0.2, -0.15) is 5.01 Å². The number of alkyl halides is 1. The molecule has 0 aromatic rings. The van der Waals surface area contributed by atoms with Crippen molar-refractivity contribution in [3.05, 3.63) is 16.6 Å². The third kappa shape index (κ3) is 3.27. The van der Waals surface area contributed by atoms with Crippen LogP contribution >= 0.6 is 11.6 Å². The molecule has 0 unspecified atom stereocenters. The summed E-state index contributed by atoms with van der Waals surface area (Å²) >= 11 is 5.64. The van der Waals surface area contributed by atoms with Gasteiger partial charge in [0.1, 0.15) is 6.10 Å². The van der Waals surface area contributed by atoms with E-state index in [1.165, 1.54) is 5.57 Å². The van der Waals surface area contributed by atoms with Crippen molar-refractivity contribution in [2.24, 2.45) is 34.4 Å². The number of hydrogen-bond acceptors (Lipinski definition) is 5. The van der Waals surface area contributed by atoms with Gasteiger partial charge in [0.15, 0.2) is 5.78 Å². The standard InChI is InChI=1S/C21H29ClN2O4/c1-21-9-8-16-15-5-3-14(25)12-13(15)2-4-17(16)18(21)6-7-19(21)28-20(26)24(23-27)11-10-22/h12,15-19H,2-11H2,1H3/t15-,16-,17+,18-,19+,21+/m1/s1. The number of rotatable bonds is 4. The van der Waals surface area contributed by atoms with E-state index in [-0.39, 0.29) is 23.9 Å². The number of carbonyl (C=O) groups is 2. The van der Waals surface area contributed by atoms with E-state index in [9.17, 15) is 14.5 Å². The summed E-state index contributed by atoms with van der Waals surface area (Å²) in [5, 5.41) is 3.54. The molecule has 0 bridgehead atoms. The number of nitroso groups, excluding NO2 is 1. The Labute approximate surface area is 170 Å². The summed E-state index contributed by atoms with van der Waals surface area (Å²) in [6.45, 7) is 2.33. The lowest BCUT2D eigenvalue weighted by molar-refractivity contribution is -0.116. The molecule has 4 aliphatic carbocycles. The molecule has 3 saturated carbocycles. The van der Waals surface area contributed by atoms with Gasteiger partial charge in [0.05, 0.1) is 11.8 Å². The first-order valence-corrected chi connectivity index (χ1v) is 11.1. The van der Waals surface area contributed by atoms with Crippen molar-refractivity contribution in [2.45, 2.75) is 64.4 Å². The van der Waals surface area contributed by atoms with E-state index in [2.05, 4.69) is 12.2 Å². The molecule has 0 aliphatic heterocycles. The fraction of sp³-hybridized carbons (Fsp3) is 0.810. The van der Waals surface area contributed by atoms with Crippen LogP contribution in [0.1, 0.15) is 58.3 Å². The Kier molecular flexibility index (Phi) is 5.51. The second kappa shape index (κ2) is 7.77. The normalized spacial score (nSPS) is 39.3. The van der Waals surface area contributed by atoms with Crippen molar-refractivity contribution in [3.63, 3.8) is 0 Å². The zero-order valence-corrected chi connectivity index (χ0v) is 17.2. The van der Waals surface area contributed by atoms with Crippen molar-refractivity contribution < 1.29 is 14.3 Å². The maximum absolute atomic E-state index is 12.4. The quantitative estimate of drug-likeness (QED) is 0.378. The molecule has 1 amide bonds. The average Bonchev–Trinajstić information content (AvgIpc) is 3.01. The third-order valence-corrected chi connectivity index (χ3v) is 8.23. The molecule has 154 valence electrons. The molecule has 0 radical (unpaired) electrons. The van der Waals surface area contributed by atoms with Gasteiger partial charge in [0.25, 0.3) is 0 Å². The van der Waals surface area contributed by atoms with Crippen molar-refractivity contribution >= 4 is 23.5 Å². The van der Waals surface area contributed by atoms with Gasteiger partial charge in [-0.25, -0.2) is 4.79 Å². The van der Waals surface area contributed by atoms with Crippen molar-refractivity contribution in [1.82, 2.24) is 5.01 Å². The lowest BCUT2D eigenvalue weighted by atomic mass is 9.52. The molecule has 0 spiro atoms. The number of carbonyl (C=O) groups excluding carboxylic acids is 2. The van der Waals surface area contributed by atoms with E-state index in [1.54, 1.807) is 0 Å². The summed E-state index contributed by atoms with van der Waals surface area (Å²) < 4.78 is 5.77. The van der Waals surface area contributed by atoms with Crippen molar-refractivity contribution in [2.75, 3.05) is 12.4 Å². The molecule has 6 atom stereocenters. The molecule has 0 heterocycles. The highest BCUT2D eigenvalue weighted by molar-refractivity contribution is 6.18. The average molecular weight is 409 g/mol. The SMILES string of the molecule is C[C@]12CC[C@H]3[C@H](CCC4=CC(=O)CC[C@H]43)[C@H]1CC[C@@H]2OC(=O)N(CCCl)N=O. The third-order valence-electron chi connectivity index (χ3n) is 8.06. The van der Waals surface area contributed by atoms with E-state index in [0.717, 1.165) is 50.0 Å². The smallest absolute Gasteiger partial charge is 0.433 e. The molecule has 7 heteroatoms. The van der Waals surface area contributed by atoms with E-state index in [1.807, 2.05) is 6.08 Å². The van der Waals surface area contributed by atoms with E-state index in [0.29, 0.717) is 35.9 Å². The molecular formula is C21H29ClN2O4. The minimum absolute atomic E-state index is 0.0436. The fourth-order valence-electron chi connectivity index (χ4n) is 6.75. The summed E-state index contributed by atoms with van der Waals surface area (Å²) in [5.74, 6) is 2.85. The first-order valence-electron chi connectivity index (χ1n) is 10.6. The summed E-state index contributed by atoms with van der Waals surface area (Å²) in [6, 6.07) is 0. The Morgan fingerprint density at radius 3 is 2.82 bits per heavy atom. The van der Waals surface area contributed by atoms with Gasteiger partial charge in [-0.1, -0.05) is 12.5 Å². The molecule has 0 aromatic carbocycles. The second-order valence-electron chi connectivity index (χ2n) is 9.19. The summed E-state index contributed by atoms with van der Waals surface area (Å²) in [7, 11) is 0. The van der Waals surface area contributed by atoms with Gasteiger partial charge in [0.2, 0.25) is 0 Å². The maximum Gasteiger partial charge on any atom is 0.433 e. The predicted octanol–water partition coefficient (Wildman–Crippen LogP) is 4.86. The molecule has 28 heavy (non-hydrogen) atoms. The van der Waals surface area contributed by atoms with Crippen molar-refractivity contribution in [1.29, 1.82) is 0 Å². The first-order chi connectivity index (χ1) is 13.5. The lowest BCUT2D eigenvalue weighted by Gasteiger charge is -2.53. The topological polar surface area (TPSA) is 76.0 Å². The zero-order valence-electron chi connectivity index (χ0n) is 16.4. The molecule has 3 fully saturated rings. The molecule has 6 nitrogen and oxygen atoms in total. The Bertz CT molecular complexity index is 696. The van der Waals surface area contributed by atoms with Gasteiger partial charge in [-0.3, -0.25) is 4.79 Å². The Hall–Kier alpha value is -1.43. The van der Waals surface area contributed by atoms with Crippen LogP contribution in [0.3, 0.4) is 0 Å². The van der Waals surface area contributed by atoms with Crippen LogP contribution in [0.4, 0.5) is 4.79 Å².